The Bertz CT molecular complexity index is 629. The molecule has 20 heavy (non-hydrogen) atoms. The number of benzene rings is 1. The predicted molar refractivity (Wildman–Crippen MR) is 74.2 cm³/mol. The van der Waals surface area contributed by atoms with Gasteiger partial charge in [-0.25, -0.2) is 4.98 Å². The predicted octanol–water partition coefficient (Wildman–Crippen LogP) is 1.65. The number of para-hydroxylation sites is 1. The highest BCUT2D eigenvalue weighted by Gasteiger charge is 2.16. The maximum Gasteiger partial charge on any atom is 0.137 e. The summed E-state index contributed by atoms with van der Waals surface area (Å²) < 4.78 is 7.89. The lowest BCUT2D eigenvalue weighted by Gasteiger charge is -2.27. The molecule has 2 aromatic rings. The van der Waals surface area contributed by atoms with Gasteiger partial charge in [0.1, 0.15) is 24.3 Å². The molecule has 0 aliphatic carbocycles. The highest BCUT2D eigenvalue weighted by Crippen LogP contribution is 2.16. The van der Waals surface area contributed by atoms with E-state index in [2.05, 4.69) is 20.5 Å². The maximum absolute atomic E-state index is 9.00. The van der Waals surface area contributed by atoms with Crippen LogP contribution in [0.1, 0.15) is 11.4 Å². The SMILES string of the molecule is N#Cc1ccccc1OCCN1CCn2ccnc2C1. The third kappa shape index (κ3) is 2.65. The van der Waals surface area contributed by atoms with Crippen molar-refractivity contribution in [2.75, 3.05) is 19.7 Å². The highest BCUT2D eigenvalue weighted by molar-refractivity contribution is 5.42. The van der Waals surface area contributed by atoms with Crippen LogP contribution >= 0.6 is 0 Å². The maximum atomic E-state index is 9.00. The van der Waals surface area contributed by atoms with Crippen LogP contribution < -0.4 is 4.74 Å². The number of imidazole rings is 1. The lowest BCUT2D eigenvalue weighted by molar-refractivity contribution is 0.174. The summed E-state index contributed by atoms with van der Waals surface area (Å²) in [6.07, 6.45) is 3.87. The summed E-state index contributed by atoms with van der Waals surface area (Å²) in [5.74, 6) is 1.77. The van der Waals surface area contributed by atoms with Crippen molar-refractivity contribution in [2.45, 2.75) is 13.1 Å². The van der Waals surface area contributed by atoms with Gasteiger partial charge in [-0.1, -0.05) is 12.1 Å². The summed E-state index contributed by atoms with van der Waals surface area (Å²) >= 11 is 0. The van der Waals surface area contributed by atoms with Gasteiger partial charge in [0, 0.05) is 32.0 Å². The van der Waals surface area contributed by atoms with E-state index in [-0.39, 0.29) is 0 Å². The Morgan fingerprint density at radius 1 is 1.30 bits per heavy atom. The number of rotatable bonds is 4. The molecule has 5 heteroatoms. The molecule has 0 fully saturated rings. The van der Waals surface area contributed by atoms with Crippen LogP contribution in [-0.2, 0) is 13.1 Å². The first-order chi connectivity index (χ1) is 9.86. The minimum Gasteiger partial charge on any atom is -0.491 e. The molecular formula is C15H16N4O. The zero-order chi connectivity index (χ0) is 13.8. The Hall–Kier alpha value is -2.32. The van der Waals surface area contributed by atoms with E-state index in [1.165, 1.54) is 0 Å². The molecular weight excluding hydrogens is 252 g/mol. The largest absolute Gasteiger partial charge is 0.491 e. The quantitative estimate of drug-likeness (QED) is 0.846. The zero-order valence-electron chi connectivity index (χ0n) is 11.2. The minimum atomic E-state index is 0.583. The van der Waals surface area contributed by atoms with Gasteiger partial charge in [0.2, 0.25) is 0 Å². The Morgan fingerprint density at radius 3 is 3.10 bits per heavy atom. The molecule has 102 valence electrons. The van der Waals surface area contributed by atoms with Crippen LogP contribution in [0.3, 0.4) is 0 Å². The monoisotopic (exact) mass is 268 g/mol. The van der Waals surface area contributed by atoms with E-state index in [0.29, 0.717) is 17.9 Å². The first-order valence-corrected chi connectivity index (χ1v) is 6.71. The lowest BCUT2D eigenvalue weighted by atomic mass is 10.2. The standard InChI is InChI=1S/C15H16N4O/c16-11-13-3-1-2-4-14(13)20-10-9-18-7-8-19-6-5-17-15(19)12-18/h1-6H,7-10,12H2. The molecule has 0 spiro atoms. The molecule has 1 aliphatic rings. The second kappa shape index (κ2) is 5.76. The van der Waals surface area contributed by atoms with Gasteiger partial charge in [-0.15, -0.1) is 0 Å². The number of nitriles is 1. The summed E-state index contributed by atoms with van der Waals surface area (Å²) in [7, 11) is 0. The molecule has 0 N–H and O–H groups in total. The third-order valence-corrected chi connectivity index (χ3v) is 3.50. The van der Waals surface area contributed by atoms with Gasteiger partial charge in [0.05, 0.1) is 12.1 Å². The molecule has 1 aliphatic heterocycles. The first-order valence-electron chi connectivity index (χ1n) is 6.71. The van der Waals surface area contributed by atoms with E-state index in [0.717, 1.165) is 32.0 Å². The second-order valence-corrected chi connectivity index (χ2v) is 4.77. The summed E-state index contributed by atoms with van der Waals surface area (Å²) in [5, 5.41) is 9.00. The van der Waals surface area contributed by atoms with E-state index >= 15 is 0 Å². The molecule has 0 saturated heterocycles. The highest BCUT2D eigenvalue weighted by atomic mass is 16.5. The topological polar surface area (TPSA) is 54.1 Å². The second-order valence-electron chi connectivity index (χ2n) is 4.77. The first kappa shape index (κ1) is 12.7. The normalized spacial score (nSPS) is 14.6. The van der Waals surface area contributed by atoms with Crippen molar-refractivity contribution in [1.29, 1.82) is 5.26 Å². The van der Waals surface area contributed by atoms with Gasteiger partial charge >= 0.3 is 0 Å². The summed E-state index contributed by atoms with van der Waals surface area (Å²) in [4.78, 5) is 6.65. The van der Waals surface area contributed by atoms with E-state index in [1.807, 2.05) is 30.6 Å². The van der Waals surface area contributed by atoms with Gasteiger partial charge in [-0.3, -0.25) is 4.90 Å². The molecule has 0 atom stereocenters. The van der Waals surface area contributed by atoms with Crippen molar-refractivity contribution < 1.29 is 4.74 Å². The molecule has 0 unspecified atom stereocenters. The van der Waals surface area contributed by atoms with Gasteiger partial charge in [0.25, 0.3) is 0 Å². The number of nitrogens with zero attached hydrogens (tertiary/aromatic N) is 4. The van der Waals surface area contributed by atoms with E-state index < -0.39 is 0 Å². The molecule has 1 aromatic carbocycles. The number of hydrogen-bond acceptors (Lipinski definition) is 4. The van der Waals surface area contributed by atoms with Crippen molar-refractivity contribution in [2.24, 2.45) is 0 Å². The van der Waals surface area contributed by atoms with Crippen LogP contribution in [0.25, 0.3) is 0 Å². The van der Waals surface area contributed by atoms with Crippen LogP contribution in [0.15, 0.2) is 36.7 Å². The fourth-order valence-corrected chi connectivity index (χ4v) is 2.38. The molecule has 0 bridgehead atoms. The molecule has 0 amide bonds. The van der Waals surface area contributed by atoms with Crippen LogP contribution in [0.4, 0.5) is 0 Å². The molecule has 5 nitrogen and oxygen atoms in total. The third-order valence-electron chi connectivity index (χ3n) is 3.50. The van der Waals surface area contributed by atoms with Crippen molar-refractivity contribution >= 4 is 0 Å². The van der Waals surface area contributed by atoms with E-state index in [9.17, 15) is 0 Å². The fourth-order valence-electron chi connectivity index (χ4n) is 2.38. The zero-order valence-corrected chi connectivity index (χ0v) is 11.2. The molecule has 3 rings (SSSR count). The number of aromatic nitrogens is 2. The fraction of sp³-hybridized carbons (Fsp3) is 0.333. The minimum absolute atomic E-state index is 0.583. The molecule has 0 saturated carbocycles. The summed E-state index contributed by atoms with van der Waals surface area (Å²) in [6.45, 7) is 4.26. The Morgan fingerprint density at radius 2 is 2.20 bits per heavy atom. The molecule has 0 radical (unpaired) electrons. The number of hydrogen-bond donors (Lipinski definition) is 0. The molecule has 1 aromatic heterocycles. The smallest absolute Gasteiger partial charge is 0.137 e. The van der Waals surface area contributed by atoms with Gasteiger partial charge < -0.3 is 9.30 Å². The Labute approximate surface area is 118 Å². The van der Waals surface area contributed by atoms with Crippen molar-refractivity contribution in [1.82, 2.24) is 14.5 Å². The van der Waals surface area contributed by atoms with Crippen LogP contribution in [0.5, 0.6) is 5.75 Å². The van der Waals surface area contributed by atoms with E-state index in [4.69, 9.17) is 10.00 Å². The molecule has 2 heterocycles. The lowest BCUT2D eigenvalue weighted by Crippen LogP contribution is -2.36. The number of fused-ring (bicyclic) bond motifs is 1. The van der Waals surface area contributed by atoms with Gasteiger partial charge in [-0.2, -0.15) is 5.26 Å². The summed E-state index contributed by atoms with van der Waals surface area (Å²) in [5.41, 5.74) is 0.585. The van der Waals surface area contributed by atoms with Crippen LogP contribution in [-0.4, -0.2) is 34.1 Å². The van der Waals surface area contributed by atoms with E-state index in [1.54, 1.807) is 6.07 Å². The van der Waals surface area contributed by atoms with Crippen molar-refractivity contribution in [3.05, 3.63) is 48.0 Å². The van der Waals surface area contributed by atoms with Crippen LogP contribution in [0.2, 0.25) is 0 Å². The van der Waals surface area contributed by atoms with Crippen LogP contribution in [0, 0.1) is 11.3 Å². The number of ether oxygens (including phenoxy) is 1. The average molecular weight is 268 g/mol. The Kier molecular flexibility index (Phi) is 3.66. The summed E-state index contributed by atoms with van der Waals surface area (Å²) in [6, 6.07) is 9.47. The average Bonchev–Trinajstić information content (AvgIpc) is 2.95. The van der Waals surface area contributed by atoms with Crippen molar-refractivity contribution in [3.63, 3.8) is 0 Å². The Balaban J connectivity index is 1.53. The van der Waals surface area contributed by atoms with Gasteiger partial charge in [-0.05, 0) is 12.1 Å². The van der Waals surface area contributed by atoms with Crippen molar-refractivity contribution in [3.8, 4) is 11.8 Å². The van der Waals surface area contributed by atoms with Gasteiger partial charge in [0.15, 0.2) is 0 Å².